The first-order valence-corrected chi connectivity index (χ1v) is 18.1. The van der Waals surface area contributed by atoms with Crippen LogP contribution < -0.4 is 30.8 Å². The lowest BCUT2D eigenvalue weighted by Crippen LogP contribution is -2.57. The van der Waals surface area contributed by atoms with Crippen molar-refractivity contribution in [1.29, 1.82) is 0 Å². The molecule has 0 amide bonds. The zero-order valence-electron chi connectivity index (χ0n) is 27.4. The van der Waals surface area contributed by atoms with Crippen molar-refractivity contribution in [2.45, 2.75) is 0 Å². The van der Waals surface area contributed by atoms with Crippen molar-refractivity contribution < 1.29 is 9.47 Å². The predicted octanol–water partition coefficient (Wildman–Crippen LogP) is 11.1. The van der Waals surface area contributed by atoms with Gasteiger partial charge in [0.2, 0.25) is 0 Å². The summed E-state index contributed by atoms with van der Waals surface area (Å²) in [6.45, 7) is 0.0619. The number of thiophene rings is 1. The van der Waals surface area contributed by atoms with Gasteiger partial charge < -0.3 is 14.4 Å². The van der Waals surface area contributed by atoms with Gasteiger partial charge in [0.15, 0.2) is 0 Å². The average molecular weight is 670 g/mol. The normalized spacial score (nSPS) is 12.6. The lowest BCUT2D eigenvalue weighted by atomic mass is 9.35. The second-order valence-corrected chi connectivity index (χ2v) is 14.4. The number of fused-ring (bicyclic) bond motifs is 8. The molecule has 238 valence electrons. The molecule has 2 aliphatic rings. The monoisotopic (exact) mass is 669 g/mol. The number of nitrogens with zero attached hydrogens (tertiary/aromatic N) is 1. The van der Waals surface area contributed by atoms with E-state index >= 15 is 0 Å². The Balaban J connectivity index is 1.03. The topological polar surface area (TPSA) is 21.7 Å². The molecule has 5 heteroatoms. The third kappa shape index (κ3) is 4.52. The highest BCUT2D eigenvalue weighted by Gasteiger charge is 2.40. The summed E-state index contributed by atoms with van der Waals surface area (Å²) in [6, 6.07) is 60.7. The lowest BCUT2D eigenvalue weighted by molar-refractivity contribution is 0.465. The Morgan fingerprint density at radius 2 is 1.04 bits per heavy atom. The van der Waals surface area contributed by atoms with Crippen LogP contribution >= 0.6 is 11.3 Å². The van der Waals surface area contributed by atoms with Gasteiger partial charge in [-0.15, -0.1) is 11.3 Å². The summed E-state index contributed by atoms with van der Waals surface area (Å²) in [5.41, 5.74) is 9.26. The molecule has 0 spiro atoms. The summed E-state index contributed by atoms with van der Waals surface area (Å²) in [5.74, 6) is 3.57. The number of hydrogen-bond acceptors (Lipinski definition) is 4. The van der Waals surface area contributed by atoms with Gasteiger partial charge in [0.05, 0.1) is 0 Å². The highest BCUT2D eigenvalue weighted by molar-refractivity contribution is 7.26. The molecule has 1 aromatic heterocycles. The molecule has 3 nitrogen and oxygen atoms in total. The molecule has 0 unspecified atom stereocenters. The van der Waals surface area contributed by atoms with Crippen LogP contribution in [0.1, 0.15) is 0 Å². The van der Waals surface area contributed by atoms with Crippen LogP contribution in [0.15, 0.2) is 170 Å². The fourth-order valence-electron chi connectivity index (χ4n) is 7.97. The van der Waals surface area contributed by atoms with Gasteiger partial charge in [-0.3, -0.25) is 0 Å². The van der Waals surface area contributed by atoms with Gasteiger partial charge in [-0.05, 0) is 112 Å². The van der Waals surface area contributed by atoms with E-state index in [0.717, 1.165) is 45.5 Å². The SMILES string of the molecule is c1ccc(-c2ccc(N(c3ccccc3)c3ccc4cc5c(cc4c3)sc3cc4c(cc35)Oc3cccc5c3B4c3ccccc3O5)cc2)cc1. The highest BCUT2D eigenvalue weighted by atomic mass is 32.1. The van der Waals surface area contributed by atoms with Gasteiger partial charge >= 0.3 is 0 Å². The van der Waals surface area contributed by atoms with Crippen LogP contribution in [-0.4, -0.2) is 6.71 Å². The highest BCUT2D eigenvalue weighted by Crippen LogP contribution is 2.43. The van der Waals surface area contributed by atoms with E-state index in [1.54, 1.807) is 0 Å². The Kier molecular flexibility index (Phi) is 6.22. The van der Waals surface area contributed by atoms with Crippen LogP contribution in [0, 0.1) is 0 Å². The second kappa shape index (κ2) is 11.1. The van der Waals surface area contributed by atoms with Crippen molar-refractivity contribution in [3.8, 4) is 34.1 Å². The van der Waals surface area contributed by atoms with E-state index in [2.05, 4.69) is 157 Å². The van der Waals surface area contributed by atoms with E-state index in [4.69, 9.17) is 9.47 Å². The Morgan fingerprint density at radius 3 is 1.86 bits per heavy atom. The molecule has 0 radical (unpaired) electrons. The molecule has 0 fully saturated rings. The van der Waals surface area contributed by atoms with Crippen LogP contribution in [0.25, 0.3) is 42.1 Å². The Labute approximate surface area is 299 Å². The van der Waals surface area contributed by atoms with Crippen molar-refractivity contribution in [2.75, 3.05) is 4.90 Å². The van der Waals surface area contributed by atoms with Gasteiger partial charge in [0.1, 0.15) is 23.0 Å². The molecule has 2 aliphatic heterocycles. The van der Waals surface area contributed by atoms with E-state index < -0.39 is 0 Å². The van der Waals surface area contributed by atoms with Gasteiger partial charge in [0.25, 0.3) is 6.71 Å². The van der Waals surface area contributed by atoms with E-state index in [0.29, 0.717) is 0 Å². The zero-order valence-corrected chi connectivity index (χ0v) is 28.2. The Bertz CT molecular complexity index is 2810. The third-order valence-corrected chi connectivity index (χ3v) is 11.5. The third-order valence-electron chi connectivity index (χ3n) is 10.3. The molecule has 9 aromatic rings. The van der Waals surface area contributed by atoms with Crippen molar-refractivity contribution in [3.63, 3.8) is 0 Å². The summed E-state index contributed by atoms with van der Waals surface area (Å²) in [4.78, 5) is 2.34. The molecule has 11 rings (SSSR count). The van der Waals surface area contributed by atoms with E-state index in [9.17, 15) is 0 Å². The zero-order chi connectivity index (χ0) is 33.5. The van der Waals surface area contributed by atoms with Crippen molar-refractivity contribution in [2.24, 2.45) is 0 Å². The number of para-hydroxylation sites is 2. The van der Waals surface area contributed by atoms with Crippen LogP contribution in [0.5, 0.6) is 23.0 Å². The maximum Gasteiger partial charge on any atom is 0.260 e. The lowest BCUT2D eigenvalue weighted by Gasteiger charge is -2.32. The molecule has 0 bridgehead atoms. The fraction of sp³-hybridized carbons (Fsp3) is 0. The first-order chi connectivity index (χ1) is 25.2. The Hall–Kier alpha value is -6.30. The van der Waals surface area contributed by atoms with Gasteiger partial charge in [-0.2, -0.15) is 0 Å². The first-order valence-electron chi connectivity index (χ1n) is 17.3. The summed E-state index contributed by atoms with van der Waals surface area (Å²) < 4.78 is 15.5. The number of rotatable bonds is 4. The van der Waals surface area contributed by atoms with E-state index in [1.165, 1.54) is 53.0 Å². The first kappa shape index (κ1) is 28.5. The minimum absolute atomic E-state index is 0.0619. The number of benzene rings is 8. The average Bonchev–Trinajstić information content (AvgIpc) is 3.53. The van der Waals surface area contributed by atoms with Crippen LogP contribution in [0.2, 0.25) is 0 Å². The number of hydrogen-bond donors (Lipinski definition) is 0. The molecule has 0 saturated heterocycles. The maximum absolute atomic E-state index is 6.63. The van der Waals surface area contributed by atoms with Crippen LogP contribution in [-0.2, 0) is 0 Å². The molecule has 8 aromatic carbocycles. The molecule has 0 atom stereocenters. The van der Waals surface area contributed by atoms with E-state index in [1.807, 2.05) is 29.5 Å². The van der Waals surface area contributed by atoms with Gasteiger partial charge in [-0.1, -0.05) is 91.0 Å². The van der Waals surface area contributed by atoms with Crippen LogP contribution in [0.3, 0.4) is 0 Å². The molecular formula is C46H28BNO2S. The smallest absolute Gasteiger partial charge is 0.260 e. The van der Waals surface area contributed by atoms with Crippen molar-refractivity contribution in [3.05, 3.63) is 170 Å². The Morgan fingerprint density at radius 1 is 0.412 bits per heavy atom. The minimum atomic E-state index is 0.0619. The van der Waals surface area contributed by atoms with E-state index in [-0.39, 0.29) is 6.71 Å². The summed E-state index contributed by atoms with van der Waals surface area (Å²) in [6.07, 6.45) is 0. The number of anilines is 3. The molecule has 3 heterocycles. The summed E-state index contributed by atoms with van der Waals surface area (Å²) in [7, 11) is 0. The largest absolute Gasteiger partial charge is 0.458 e. The van der Waals surface area contributed by atoms with Crippen molar-refractivity contribution >= 4 is 82.4 Å². The quantitative estimate of drug-likeness (QED) is 0.174. The van der Waals surface area contributed by atoms with Crippen LogP contribution in [0.4, 0.5) is 17.1 Å². The maximum atomic E-state index is 6.63. The van der Waals surface area contributed by atoms with Crippen molar-refractivity contribution in [1.82, 2.24) is 0 Å². The molecule has 0 N–H and O–H groups in total. The summed E-state index contributed by atoms with van der Waals surface area (Å²) >= 11 is 1.85. The molecule has 51 heavy (non-hydrogen) atoms. The fourth-order valence-corrected chi connectivity index (χ4v) is 9.14. The second-order valence-electron chi connectivity index (χ2n) is 13.3. The summed E-state index contributed by atoms with van der Waals surface area (Å²) in [5, 5.41) is 4.91. The standard InChI is InChI=1S/C46H28BNO2S/c1-3-10-29(11-4-1)30-18-21-34(22-19-30)48(33-12-5-2-6-13-33)35-23-20-31-25-36-37-27-43-39(28-45(37)51-44(36)26-32(31)24-35)47-38-14-7-8-15-40(38)49-41-16-9-17-42(50-43)46(41)47/h1-28H. The van der Waals surface area contributed by atoms with Gasteiger partial charge in [-0.25, -0.2) is 0 Å². The minimum Gasteiger partial charge on any atom is -0.458 e. The molecule has 0 aliphatic carbocycles. The molecular weight excluding hydrogens is 641 g/mol. The van der Waals surface area contributed by atoms with Gasteiger partial charge in [0, 0.05) is 42.7 Å². The number of ether oxygens (including phenoxy) is 2. The predicted molar refractivity (Wildman–Crippen MR) is 215 cm³/mol. The molecule has 0 saturated carbocycles.